The minimum absolute atomic E-state index is 0.896. The summed E-state index contributed by atoms with van der Waals surface area (Å²) in [6.07, 6.45) is 6.19. The molecule has 0 aliphatic heterocycles. The van der Waals surface area contributed by atoms with Crippen molar-refractivity contribution >= 4 is 0 Å². The van der Waals surface area contributed by atoms with Gasteiger partial charge in [-0.3, -0.25) is 0 Å². The van der Waals surface area contributed by atoms with Crippen LogP contribution in [0.2, 0.25) is 0 Å². The minimum atomic E-state index is 0.896. The number of hydrogen-bond acceptors (Lipinski definition) is 2. The lowest BCUT2D eigenvalue weighted by atomic mass is 10.8. The molecule has 1 aromatic rings. The standard InChI is InChI=1S/C5H8N3/c1-2-7-8-4-3-6-5-8/h3-4,7H,2H2,1H3. The molecule has 8 heavy (non-hydrogen) atoms. The third kappa shape index (κ3) is 0.992. The van der Waals surface area contributed by atoms with Crippen molar-refractivity contribution in [3.63, 3.8) is 0 Å². The molecule has 0 aliphatic rings. The predicted molar refractivity (Wildman–Crippen MR) is 31.0 cm³/mol. The lowest BCUT2D eigenvalue weighted by Gasteiger charge is -1.98. The Balaban J connectivity index is 2.50. The molecular formula is C5H8N3. The van der Waals surface area contributed by atoms with Crippen LogP contribution in [0.4, 0.5) is 0 Å². The van der Waals surface area contributed by atoms with Crippen LogP contribution in [0.1, 0.15) is 6.92 Å². The van der Waals surface area contributed by atoms with Gasteiger partial charge in [-0.1, -0.05) is 0 Å². The van der Waals surface area contributed by atoms with Crippen LogP contribution in [0, 0.1) is 6.33 Å². The molecule has 1 radical (unpaired) electrons. The molecule has 1 rings (SSSR count). The highest BCUT2D eigenvalue weighted by atomic mass is 15.4. The second kappa shape index (κ2) is 2.35. The normalized spacial score (nSPS) is 9.12. The van der Waals surface area contributed by atoms with Crippen LogP contribution >= 0.6 is 0 Å². The first-order valence-corrected chi connectivity index (χ1v) is 2.58. The molecule has 0 saturated carbocycles. The van der Waals surface area contributed by atoms with Gasteiger partial charge in [0.2, 0.25) is 0 Å². The van der Waals surface area contributed by atoms with Crippen molar-refractivity contribution in [3.05, 3.63) is 18.7 Å². The topological polar surface area (TPSA) is 29.9 Å². The largest absolute Gasteiger partial charge is 0.325 e. The predicted octanol–water partition coefficient (Wildman–Crippen LogP) is 0.247. The van der Waals surface area contributed by atoms with Crippen LogP contribution < -0.4 is 5.43 Å². The molecule has 0 amide bonds. The van der Waals surface area contributed by atoms with Gasteiger partial charge in [0.25, 0.3) is 0 Å². The van der Waals surface area contributed by atoms with Gasteiger partial charge in [0.15, 0.2) is 6.33 Å². The molecule has 0 atom stereocenters. The van der Waals surface area contributed by atoms with E-state index in [4.69, 9.17) is 0 Å². The van der Waals surface area contributed by atoms with Crippen LogP contribution in [0.3, 0.4) is 0 Å². The Morgan fingerprint density at radius 2 is 2.75 bits per heavy atom. The Hall–Kier alpha value is -0.990. The van der Waals surface area contributed by atoms with Crippen molar-refractivity contribution in [2.24, 2.45) is 0 Å². The highest BCUT2D eigenvalue weighted by molar-refractivity contribution is 4.76. The fourth-order valence-electron chi connectivity index (χ4n) is 0.487. The fourth-order valence-corrected chi connectivity index (χ4v) is 0.487. The Morgan fingerprint density at radius 1 is 1.88 bits per heavy atom. The summed E-state index contributed by atoms with van der Waals surface area (Å²) < 4.78 is 1.69. The fraction of sp³-hybridized carbons (Fsp3) is 0.400. The molecule has 0 unspecified atom stereocenters. The van der Waals surface area contributed by atoms with E-state index < -0.39 is 0 Å². The molecule has 0 spiro atoms. The Kier molecular flexibility index (Phi) is 1.51. The van der Waals surface area contributed by atoms with Crippen LogP contribution in [0.25, 0.3) is 0 Å². The second-order valence-corrected chi connectivity index (χ2v) is 1.41. The highest BCUT2D eigenvalue weighted by Crippen LogP contribution is 1.75. The van der Waals surface area contributed by atoms with Gasteiger partial charge in [-0.05, 0) is 6.92 Å². The Morgan fingerprint density at radius 3 is 3.25 bits per heavy atom. The van der Waals surface area contributed by atoms with Gasteiger partial charge in [-0.2, -0.15) is 0 Å². The maximum Gasteiger partial charge on any atom is 0.196 e. The van der Waals surface area contributed by atoms with Gasteiger partial charge < -0.3 is 5.43 Å². The molecule has 3 heteroatoms. The third-order valence-corrected chi connectivity index (χ3v) is 0.784. The van der Waals surface area contributed by atoms with E-state index in [9.17, 15) is 0 Å². The van der Waals surface area contributed by atoms with Crippen LogP contribution in [0.15, 0.2) is 12.4 Å². The Bertz CT molecular complexity index is 133. The van der Waals surface area contributed by atoms with Gasteiger partial charge in [-0.15, -0.1) is 0 Å². The molecule has 0 fully saturated rings. The van der Waals surface area contributed by atoms with Crippen molar-refractivity contribution in [3.8, 4) is 0 Å². The molecule has 0 aromatic carbocycles. The maximum absolute atomic E-state index is 3.72. The van der Waals surface area contributed by atoms with Crippen molar-refractivity contribution in [2.75, 3.05) is 12.0 Å². The first-order chi connectivity index (χ1) is 3.93. The number of aromatic nitrogens is 2. The van der Waals surface area contributed by atoms with E-state index in [0.29, 0.717) is 0 Å². The molecule has 1 aromatic heterocycles. The zero-order valence-corrected chi connectivity index (χ0v) is 4.76. The quantitative estimate of drug-likeness (QED) is 0.591. The van der Waals surface area contributed by atoms with Crippen molar-refractivity contribution in [1.29, 1.82) is 0 Å². The van der Waals surface area contributed by atoms with E-state index >= 15 is 0 Å². The monoisotopic (exact) mass is 110 g/mol. The molecule has 1 N–H and O–H groups in total. The van der Waals surface area contributed by atoms with Gasteiger partial charge in [-0.25, -0.2) is 9.66 Å². The summed E-state index contributed by atoms with van der Waals surface area (Å²) >= 11 is 0. The van der Waals surface area contributed by atoms with E-state index in [2.05, 4.69) is 16.7 Å². The lowest BCUT2D eigenvalue weighted by Crippen LogP contribution is -2.11. The Labute approximate surface area is 48.3 Å². The van der Waals surface area contributed by atoms with Crippen LogP contribution in [-0.2, 0) is 0 Å². The molecule has 0 bridgehead atoms. The van der Waals surface area contributed by atoms with E-state index in [1.807, 2.05) is 13.1 Å². The van der Waals surface area contributed by atoms with Crippen molar-refractivity contribution in [2.45, 2.75) is 6.92 Å². The number of nitrogens with zero attached hydrogens (tertiary/aromatic N) is 2. The van der Waals surface area contributed by atoms with Crippen molar-refractivity contribution in [1.82, 2.24) is 9.66 Å². The number of rotatable bonds is 2. The van der Waals surface area contributed by atoms with Crippen molar-refractivity contribution < 1.29 is 0 Å². The van der Waals surface area contributed by atoms with Gasteiger partial charge >= 0.3 is 0 Å². The van der Waals surface area contributed by atoms with Gasteiger partial charge in [0.05, 0.1) is 0 Å². The first-order valence-electron chi connectivity index (χ1n) is 2.58. The number of nitrogens with one attached hydrogen (secondary N) is 1. The van der Waals surface area contributed by atoms with E-state index in [1.165, 1.54) is 0 Å². The third-order valence-electron chi connectivity index (χ3n) is 0.784. The summed E-state index contributed by atoms with van der Waals surface area (Å²) in [5.74, 6) is 0. The van der Waals surface area contributed by atoms with E-state index in [-0.39, 0.29) is 0 Å². The highest BCUT2D eigenvalue weighted by Gasteiger charge is 1.80. The average Bonchev–Trinajstić information content (AvgIpc) is 2.19. The summed E-state index contributed by atoms with van der Waals surface area (Å²) in [6, 6.07) is 0. The summed E-state index contributed by atoms with van der Waals surface area (Å²) in [7, 11) is 0. The van der Waals surface area contributed by atoms with E-state index in [0.717, 1.165) is 6.54 Å². The van der Waals surface area contributed by atoms with Crippen LogP contribution in [0.5, 0.6) is 0 Å². The maximum atomic E-state index is 3.72. The smallest absolute Gasteiger partial charge is 0.196 e. The summed E-state index contributed by atoms with van der Waals surface area (Å²) in [4.78, 5) is 3.72. The summed E-state index contributed by atoms with van der Waals surface area (Å²) in [6.45, 7) is 2.92. The van der Waals surface area contributed by atoms with Gasteiger partial charge in [0, 0.05) is 18.9 Å². The zero-order valence-electron chi connectivity index (χ0n) is 4.76. The molecule has 1 heterocycles. The first kappa shape index (κ1) is 5.15. The number of imidazole rings is 1. The molecule has 3 nitrogen and oxygen atoms in total. The molecule has 0 saturated heterocycles. The molecule has 0 aliphatic carbocycles. The summed E-state index contributed by atoms with van der Waals surface area (Å²) in [5, 5.41) is 0. The summed E-state index contributed by atoms with van der Waals surface area (Å²) in [5.41, 5.74) is 2.99. The zero-order chi connectivity index (χ0) is 5.82. The molecule has 43 valence electrons. The average molecular weight is 110 g/mol. The minimum Gasteiger partial charge on any atom is -0.325 e. The van der Waals surface area contributed by atoms with Gasteiger partial charge in [0.1, 0.15) is 0 Å². The van der Waals surface area contributed by atoms with Crippen LogP contribution in [-0.4, -0.2) is 16.2 Å². The molecular weight excluding hydrogens is 102 g/mol. The SMILES string of the molecule is CCNn1[c]ncc1. The number of hydrogen-bond donors (Lipinski definition) is 1. The second-order valence-electron chi connectivity index (χ2n) is 1.41. The van der Waals surface area contributed by atoms with E-state index in [1.54, 1.807) is 10.9 Å². The lowest BCUT2D eigenvalue weighted by molar-refractivity contribution is 0.854.